The Morgan fingerprint density at radius 1 is 1.54 bits per heavy atom. The molecule has 0 aromatic rings. The Labute approximate surface area is 77.9 Å². The monoisotopic (exact) mass is 185 g/mol. The Balaban J connectivity index is 2.55. The van der Waals surface area contributed by atoms with Gasteiger partial charge in [0, 0.05) is 5.92 Å². The molecule has 0 spiro atoms. The molecule has 1 saturated carbocycles. The van der Waals surface area contributed by atoms with Gasteiger partial charge in [0.25, 0.3) is 0 Å². The van der Waals surface area contributed by atoms with Crippen LogP contribution in [0.5, 0.6) is 0 Å². The first-order valence-corrected chi connectivity index (χ1v) is 4.57. The average molecular weight is 185 g/mol. The van der Waals surface area contributed by atoms with Gasteiger partial charge in [0.2, 0.25) is 0 Å². The highest BCUT2D eigenvalue weighted by Gasteiger charge is 2.30. The molecule has 1 fully saturated rings. The Kier molecular flexibility index (Phi) is 3.73. The second-order valence-electron chi connectivity index (χ2n) is 3.01. The molecule has 0 aromatic carbocycles. The van der Waals surface area contributed by atoms with Gasteiger partial charge >= 0.3 is 5.97 Å². The van der Waals surface area contributed by atoms with Crippen molar-refractivity contribution in [3.63, 3.8) is 0 Å². The molecule has 13 heavy (non-hydrogen) atoms. The topological polar surface area (TPSA) is 47.9 Å². The summed E-state index contributed by atoms with van der Waals surface area (Å²) in [4.78, 5) is 15.9. The summed E-state index contributed by atoms with van der Waals surface area (Å²) in [6.07, 6.45) is 3.19. The van der Waals surface area contributed by atoms with Gasteiger partial charge in [0.05, 0.1) is 6.61 Å². The van der Waals surface area contributed by atoms with Crippen LogP contribution in [0.2, 0.25) is 0 Å². The number of rotatable bonds is 4. The average Bonchev–Trinajstić information content (AvgIpc) is 2.01. The summed E-state index contributed by atoms with van der Waals surface area (Å²) in [5, 5.41) is 3.71. The zero-order chi connectivity index (χ0) is 9.68. The standard InChI is InChI=1S/C9H15NO3/c1-3-13-9(11)8(10-12-2)7-5-4-6-7/h7H,3-6H2,1-2H3/b10-8+. The quantitative estimate of drug-likeness (QED) is 0.377. The minimum Gasteiger partial charge on any atom is -0.461 e. The number of ether oxygens (including phenoxy) is 1. The minimum atomic E-state index is -0.339. The molecule has 0 bridgehead atoms. The van der Waals surface area contributed by atoms with Crippen LogP contribution in [0.25, 0.3) is 0 Å². The molecule has 4 nitrogen and oxygen atoms in total. The van der Waals surface area contributed by atoms with E-state index in [2.05, 4.69) is 9.99 Å². The molecule has 0 aliphatic heterocycles. The smallest absolute Gasteiger partial charge is 0.356 e. The van der Waals surface area contributed by atoms with Gasteiger partial charge in [-0.1, -0.05) is 11.6 Å². The van der Waals surface area contributed by atoms with Gasteiger partial charge in [-0.2, -0.15) is 0 Å². The minimum absolute atomic E-state index is 0.249. The van der Waals surface area contributed by atoms with Crippen molar-refractivity contribution in [2.24, 2.45) is 11.1 Å². The highest BCUT2D eigenvalue weighted by Crippen LogP contribution is 2.28. The van der Waals surface area contributed by atoms with Crippen LogP contribution in [0.3, 0.4) is 0 Å². The summed E-state index contributed by atoms with van der Waals surface area (Å²) < 4.78 is 4.86. The van der Waals surface area contributed by atoms with Crippen molar-refractivity contribution in [3.8, 4) is 0 Å². The molecule has 0 aromatic heterocycles. The van der Waals surface area contributed by atoms with E-state index in [9.17, 15) is 4.79 Å². The summed E-state index contributed by atoms with van der Waals surface area (Å²) >= 11 is 0. The van der Waals surface area contributed by atoms with Gasteiger partial charge in [-0.3, -0.25) is 0 Å². The lowest BCUT2D eigenvalue weighted by molar-refractivity contribution is -0.135. The number of hydrogen-bond donors (Lipinski definition) is 0. The SMILES string of the molecule is CCOC(=O)/C(=N/OC)C1CCC1. The largest absolute Gasteiger partial charge is 0.461 e. The Morgan fingerprint density at radius 3 is 2.62 bits per heavy atom. The highest BCUT2D eigenvalue weighted by atomic mass is 16.6. The van der Waals surface area contributed by atoms with E-state index >= 15 is 0 Å². The number of hydrogen-bond acceptors (Lipinski definition) is 4. The summed E-state index contributed by atoms with van der Waals surface area (Å²) in [6.45, 7) is 2.16. The molecule has 0 heterocycles. The molecule has 1 aliphatic rings. The van der Waals surface area contributed by atoms with Gasteiger partial charge in [-0.15, -0.1) is 0 Å². The maximum absolute atomic E-state index is 11.3. The first kappa shape index (κ1) is 10.0. The maximum atomic E-state index is 11.3. The Morgan fingerprint density at radius 2 is 2.23 bits per heavy atom. The summed E-state index contributed by atoms with van der Waals surface area (Å²) in [6, 6.07) is 0. The molecule has 0 amide bonds. The third-order valence-electron chi connectivity index (χ3n) is 2.17. The lowest BCUT2D eigenvalue weighted by Crippen LogP contribution is -2.30. The van der Waals surface area contributed by atoms with Crippen LogP contribution in [0, 0.1) is 5.92 Å². The highest BCUT2D eigenvalue weighted by molar-refractivity contribution is 6.37. The van der Waals surface area contributed by atoms with Crippen LogP contribution in [0.15, 0.2) is 5.16 Å². The van der Waals surface area contributed by atoms with Crippen molar-refractivity contribution in [2.45, 2.75) is 26.2 Å². The third-order valence-corrected chi connectivity index (χ3v) is 2.17. The van der Waals surface area contributed by atoms with E-state index in [1.807, 2.05) is 0 Å². The molecule has 0 N–H and O–H groups in total. The summed E-state index contributed by atoms with van der Waals surface area (Å²) in [7, 11) is 1.44. The van der Waals surface area contributed by atoms with Crippen LogP contribution in [-0.4, -0.2) is 25.4 Å². The number of oxime groups is 1. The van der Waals surface area contributed by atoms with Gasteiger partial charge in [-0.25, -0.2) is 4.79 Å². The van der Waals surface area contributed by atoms with Gasteiger partial charge in [0.1, 0.15) is 7.11 Å². The van der Waals surface area contributed by atoms with Crippen molar-refractivity contribution in [1.29, 1.82) is 0 Å². The van der Waals surface area contributed by atoms with Crippen molar-refractivity contribution in [1.82, 2.24) is 0 Å². The fourth-order valence-corrected chi connectivity index (χ4v) is 1.26. The van der Waals surface area contributed by atoms with Crippen molar-refractivity contribution in [2.75, 3.05) is 13.7 Å². The second-order valence-corrected chi connectivity index (χ2v) is 3.01. The van der Waals surface area contributed by atoms with Gasteiger partial charge < -0.3 is 9.57 Å². The van der Waals surface area contributed by atoms with E-state index in [0.717, 1.165) is 19.3 Å². The van der Waals surface area contributed by atoms with E-state index in [1.165, 1.54) is 7.11 Å². The molecule has 0 saturated heterocycles. The van der Waals surface area contributed by atoms with Crippen LogP contribution < -0.4 is 0 Å². The fourth-order valence-electron chi connectivity index (χ4n) is 1.26. The molecule has 1 aliphatic carbocycles. The number of carbonyl (C=O) groups is 1. The van der Waals surface area contributed by atoms with E-state index in [-0.39, 0.29) is 11.9 Å². The Bertz CT molecular complexity index is 209. The predicted molar refractivity (Wildman–Crippen MR) is 48.4 cm³/mol. The molecule has 1 rings (SSSR count). The zero-order valence-electron chi connectivity index (χ0n) is 8.08. The van der Waals surface area contributed by atoms with E-state index in [4.69, 9.17) is 4.74 Å². The molecular weight excluding hydrogens is 170 g/mol. The van der Waals surface area contributed by atoms with Crippen molar-refractivity contribution in [3.05, 3.63) is 0 Å². The van der Waals surface area contributed by atoms with Crippen molar-refractivity contribution < 1.29 is 14.4 Å². The van der Waals surface area contributed by atoms with Gasteiger partial charge in [0.15, 0.2) is 5.71 Å². The van der Waals surface area contributed by atoms with Gasteiger partial charge in [-0.05, 0) is 19.8 Å². The lowest BCUT2D eigenvalue weighted by atomic mass is 9.82. The number of esters is 1. The first-order chi connectivity index (χ1) is 6.29. The maximum Gasteiger partial charge on any atom is 0.356 e. The normalized spacial score (nSPS) is 17.8. The van der Waals surface area contributed by atoms with Crippen molar-refractivity contribution >= 4 is 11.7 Å². The summed E-state index contributed by atoms with van der Waals surface area (Å²) in [5.41, 5.74) is 0.440. The third kappa shape index (κ3) is 2.44. The van der Waals surface area contributed by atoms with Crippen LogP contribution in [0.1, 0.15) is 26.2 Å². The second kappa shape index (κ2) is 4.84. The lowest BCUT2D eigenvalue weighted by Gasteiger charge is -2.24. The molecule has 4 heteroatoms. The fraction of sp³-hybridized carbons (Fsp3) is 0.778. The number of carbonyl (C=O) groups excluding carboxylic acids is 1. The van der Waals surface area contributed by atoms with Crippen LogP contribution in [0.4, 0.5) is 0 Å². The number of nitrogens with zero attached hydrogens (tertiary/aromatic N) is 1. The van der Waals surface area contributed by atoms with Crippen LogP contribution in [-0.2, 0) is 14.4 Å². The van der Waals surface area contributed by atoms with Crippen LogP contribution >= 0.6 is 0 Å². The molecule has 0 atom stereocenters. The Hall–Kier alpha value is -1.06. The van der Waals surface area contributed by atoms with E-state index < -0.39 is 0 Å². The molecule has 0 unspecified atom stereocenters. The molecule has 74 valence electrons. The van der Waals surface area contributed by atoms with E-state index in [0.29, 0.717) is 12.3 Å². The zero-order valence-corrected chi connectivity index (χ0v) is 8.08. The van der Waals surface area contributed by atoms with E-state index in [1.54, 1.807) is 6.92 Å². The first-order valence-electron chi connectivity index (χ1n) is 4.57. The molecule has 0 radical (unpaired) electrons. The summed E-state index contributed by atoms with van der Waals surface area (Å²) in [5.74, 6) is -0.0898. The predicted octanol–water partition coefficient (Wildman–Crippen LogP) is 1.35. The molecular formula is C9H15NO3.